The number of hydrogen-bond acceptors (Lipinski definition) is 6. The second kappa shape index (κ2) is 10.0. The third-order valence-corrected chi connectivity index (χ3v) is 3.06. The second-order valence-corrected chi connectivity index (χ2v) is 4.80. The van der Waals surface area contributed by atoms with Crippen molar-refractivity contribution < 1.29 is 28.5 Å². The van der Waals surface area contributed by atoms with E-state index in [1.807, 2.05) is 0 Å². The first-order valence-corrected chi connectivity index (χ1v) is 7.55. The van der Waals surface area contributed by atoms with Crippen LogP contribution in [0.1, 0.15) is 19.3 Å². The van der Waals surface area contributed by atoms with E-state index in [2.05, 4.69) is 0 Å². The van der Waals surface area contributed by atoms with Gasteiger partial charge in [-0.05, 0) is 18.6 Å². The number of fused-ring (bicyclic) bond motifs is 1. The summed E-state index contributed by atoms with van der Waals surface area (Å²) in [6.45, 7) is 4.14. The van der Waals surface area contributed by atoms with E-state index in [1.165, 1.54) is 0 Å². The summed E-state index contributed by atoms with van der Waals surface area (Å²) in [6.07, 6.45) is 2.47. The first-order valence-electron chi connectivity index (χ1n) is 7.55. The number of carbonyl (C=O) groups is 1. The molecule has 0 amide bonds. The van der Waals surface area contributed by atoms with Crippen LogP contribution in [0.3, 0.4) is 0 Å². The highest BCUT2D eigenvalue weighted by Gasteiger charge is 2.08. The number of benzene rings is 1. The molecule has 1 aliphatic rings. The van der Waals surface area contributed by atoms with Crippen molar-refractivity contribution in [3.8, 4) is 17.2 Å². The van der Waals surface area contributed by atoms with Gasteiger partial charge in [-0.25, -0.2) is 0 Å². The molecular weight excluding hydrogens is 288 g/mol. The molecule has 0 spiro atoms. The summed E-state index contributed by atoms with van der Waals surface area (Å²) in [5, 5.41) is 0. The third-order valence-electron chi connectivity index (χ3n) is 3.06. The normalized spacial score (nSPS) is 17.8. The highest BCUT2D eigenvalue weighted by Crippen LogP contribution is 2.31. The van der Waals surface area contributed by atoms with Gasteiger partial charge in [-0.1, -0.05) is 0 Å². The molecule has 0 bridgehead atoms. The summed E-state index contributed by atoms with van der Waals surface area (Å²) in [5.74, 6) is 1.62. The van der Waals surface area contributed by atoms with Gasteiger partial charge in [-0.3, -0.25) is 4.79 Å². The molecule has 0 radical (unpaired) electrons. The quantitative estimate of drug-likeness (QED) is 0.780. The van der Waals surface area contributed by atoms with Crippen LogP contribution in [0.15, 0.2) is 18.2 Å². The number of hydrogen-bond donors (Lipinski definition) is 0. The Morgan fingerprint density at radius 2 is 1.41 bits per heavy atom. The molecule has 22 heavy (non-hydrogen) atoms. The molecular formula is C16H22O6. The molecule has 0 unspecified atom stereocenters. The topological polar surface area (TPSA) is 63.2 Å². The fourth-order valence-corrected chi connectivity index (χ4v) is 2.00. The maximum Gasteiger partial charge on any atom is 0.298 e. The largest absolute Gasteiger partial charge is 0.490 e. The van der Waals surface area contributed by atoms with E-state index in [0.717, 1.165) is 19.3 Å². The third kappa shape index (κ3) is 5.91. The maximum atomic E-state index is 10.4. The highest BCUT2D eigenvalue weighted by atomic mass is 16.5. The molecule has 0 fully saturated rings. The average molecular weight is 310 g/mol. The Hall–Kier alpha value is -1.79. The fraction of sp³-hybridized carbons (Fsp3) is 0.562. The van der Waals surface area contributed by atoms with E-state index in [0.29, 0.717) is 63.4 Å². The molecule has 1 heterocycles. The number of rotatable bonds is 2. The summed E-state index contributed by atoms with van der Waals surface area (Å²) >= 11 is 0. The van der Waals surface area contributed by atoms with Crippen molar-refractivity contribution >= 4 is 6.47 Å². The minimum absolute atomic E-state index is 0.389. The van der Waals surface area contributed by atoms with E-state index in [-0.39, 0.29) is 0 Å². The van der Waals surface area contributed by atoms with E-state index in [9.17, 15) is 4.79 Å². The SMILES string of the molecule is O=COc1ccc2c(c1)OCCCOCCCOCCCO2. The molecule has 0 saturated carbocycles. The summed E-state index contributed by atoms with van der Waals surface area (Å²) < 4.78 is 27.3. The maximum absolute atomic E-state index is 10.4. The van der Waals surface area contributed by atoms with Gasteiger partial charge in [0.25, 0.3) is 6.47 Å². The van der Waals surface area contributed by atoms with Crippen LogP contribution in [0.2, 0.25) is 0 Å². The van der Waals surface area contributed by atoms with Crippen LogP contribution in [-0.4, -0.2) is 46.1 Å². The Kier molecular flexibility index (Phi) is 7.55. The standard InChI is InChI=1S/C16H22O6/c17-13-22-14-4-5-15-16(12-14)21-11-3-9-19-7-1-6-18-8-2-10-20-15/h4-5,12-13H,1-3,6-11H2. The second-order valence-electron chi connectivity index (χ2n) is 4.80. The Labute approximate surface area is 130 Å². The highest BCUT2D eigenvalue weighted by molar-refractivity contribution is 5.51. The zero-order valence-electron chi connectivity index (χ0n) is 12.6. The van der Waals surface area contributed by atoms with Crippen molar-refractivity contribution in [1.82, 2.24) is 0 Å². The van der Waals surface area contributed by atoms with E-state index >= 15 is 0 Å². The van der Waals surface area contributed by atoms with Crippen molar-refractivity contribution in [2.45, 2.75) is 19.3 Å². The summed E-state index contributed by atoms with van der Waals surface area (Å²) in [6, 6.07) is 5.06. The summed E-state index contributed by atoms with van der Waals surface area (Å²) in [7, 11) is 0. The Balaban J connectivity index is 1.99. The van der Waals surface area contributed by atoms with Crippen molar-refractivity contribution in [3.63, 3.8) is 0 Å². The van der Waals surface area contributed by atoms with Gasteiger partial charge in [-0.15, -0.1) is 0 Å². The molecule has 1 aromatic carbocycles. The zero-order valence-corrected chi connectivity index (χ0v) is 12.6. The van der Waals surface area contributed by atoms with Gasteiger partial charge in [0.2, 0.25) is 0 Å². The van der Waals surface area contributed by atoms with E-state index in [4.69, 9.17) is 23.7 Å². The van der Waals surface area contributed by atoms with Gasteiger partial charge in [0.1, 0.15) is 5.75 Å². The van der Waals surface area contributed by atoms with Crippen LogP contribution >= 0.6 is 0 Å². The van der Waals surface area contributed by atoms with Crippen LogP contribution < -0.4 is 14.2 Å². The van der Waals surface area contributed by atoms with Crippen molar-refractivity contribution in [3.05, 3.63) is 18.2 Å². The summed E-state index contributed by atoms with van der Waals surface area (Å²) in [5.41, 5.74) is 0. The molecule has 0 aromatic heterocycles. The Bertz CT molecular complexity index is 448. The van der Waals surface area contributed by atoms with Gasteiger partial charge >= 0.3 is 0 Å². The molecule has 1 aliphatic heterocycles. The molecule has 6 heteroatoms. The lowest BCUT2D eigenvalue weighted by atomic mass is 10.3. The predicted octanol–water partition coefficient (Wildman–Crippen LogP) is 2.20. The molecule has 0 N–H and O–H groups in total. The lowest BCUT2D eigenvalue weighted by Crippen LogP contribution is -2.06. The van der Waals surface area contributed by atoms with Crippen LogP contribution in [-0.2, 0) is 14.3 Å². The van der Waals surface area contributed by atoms with Gasteiger partial charge in [0, 0.05) is 45.3 Å². The van der Waals surface area contributed by atoms with Crippen LogP contribution in [0.25, 0.3) is 0 Å². The van der Waals surface area contributed by atoms with E-state index in [1.54, 1.807) is 18.2 Å². The zero-order chi connectivity index (χ0) is 15.5. The van der Waals surface area contributed by atoms with Gasteiger partial charge < -0.3 is 23.7 Å². The van der Waals surface area contributed by atoms with Gasteiger partial charge in [0.05, 0.1) is 13.2 Å². The Morgan fingerprint density at radius 3 is 2.05 bits per heavy atom. The number of carbonyl (C=O) groups excluding carboxylic acids is 1. The van der Waals surface area contributed by atoms with Gasteiger partial charge in [-0.2, -0.15) is 0 Å². The molecule has 0 atom stereocenters. The smallest absolute Gasteiger partial charge is 0.298 e. The number of ether oxygens (including phenoxy) is 5. The van der Waals surface area contributed by atoms with Gasteiger partial charge in [0.15, 0.2) is 11.5 Å². The van der Waals surface area contributed by atoms with Crippen molar-refractivity contribution in [2.75, 3.05) is 39.6 Å². The molecule has 0 saturated heterocycles. The van der Waals surface area contributed by atoms with Crippen LogP contribution in [0.5, 0.6) is 17.2 Å². The van der Waals surface area contributed by atoms with Crippen LogP contribution in [0.4, 0.5) is 0 Å². The Morgan fingerprint density at radius 1 is 0.818 bits per heavy atom. The minimum atomic E-state index is 0.389. The van der Waals surface area contributed by atoms with Crippen molar-refractivity contribution in [2.24, 2.45) is 0 Å². The average Bonchev–Trinajstić information content (AvgIpc) is 2.54. The first kappa shape index (κ1) is 16.6. The van der Waals surface area contributed by atoms with Crippen LogP contribution in [0, 0.1) is 0 Å². The lowest BCUT2D eigenvalue weighted by molar-refractivity contribution is -0.120. The molecule has 6 nitrogen and oxygen atoms in total. The fourth-order valence-electron chi connectivity index (χ4n) is 2.00. The predicted molar refractivity (Wildman–Crippen MR) is 79.6 cm³/mol. The molecule has 2 rings (SSSR count). The molecule has 1 aromatic rings. The van der Waals surface area contributed by atoms with E-state index < -0.39 is 0 Å². The molecule has 122 valence electrons. The monoisotopic (exact) mass is 310 g/mol. The molecule has 0 aliphatic carbocycles. The minimum Gasteiger partial charge on any atom is -0.490 e. The first-order chi connectivity index (χ1) is 10.9. The van der Waals surface area contributed by atoms with Crippen molar-refractivity contribution in [1.29, 1.82) is 0 Å². The lowest BCUT2D eigenvalue weighted by Gasteiger charge is -2.13. The summed E-state index contributed by atoms with van der Waals surface area (Å²) in [4.78, 5) is 10.4.